The van der Waals surface area contributed by atoms with Gasteiger partial charge in [-0.25, -0.2) is 4.79 Å². The lowest BCUT2D eigenvalue weighted by molar-refractivity contribution is -0.137. The maximum atomic E-state index is 14.9. The maximum absolute atomic E-state index is 14.9. The third kappa shape index (κ3) is 3.74. The van der Waals surface area contributed by atoms with Gasteiger partial charge >= 0.3 is 12.3 Å². The highest BCUT2D eigenvalue weighted by Crippen LogP contribution is 2.34. The van der Waals surface area contributed by atoms with Crippen molar-refractivity contribution in [3.8, 4) is 5.75 Å². The Bertz CT molecular complexity index is 790. The number of amides is 1. The highest BCUT2D eigenvalue weighted by Gasteiger charge is 2.46. The molecule has 1 aliphatic rings. The van der Waals surface area contributed by atoms with Crippen LogP contribution in [-0.4, -0.2) is 25.6 Å². The number of carbonyl (C=O) groups excluding carboxylic acids is 1. The molecule has 1 atom stereocenters. The number of benzene rings is 2. The molecule has 0 spiro atoms. The fourth-order valence-electron chi connectivity index (χ4n) is 2.71. The number of hydrogen-bond acceptors (Lipinski definition) is 3. The van der Waals surface area contributed by atoms with E-state index in [1.54, 1.807) is 24.3 Å². The number of alkyl halides is 4. The van der Waals surface area contributed by atoms with Gasteiger partial charge in [-0.3, -0.25) is 4.90 Å². The van der Waals surface area contributed by atoms with Crippen LogP contribution >= 0.6 is 0 Å². The predicted octanol–water partition coefficient (Wildman–Crippen LogP) is 4.58. The first-order valence-electron chi connectivity index (χ1n) is 7.70. The van der Waals surface area contributed by atoms with Crippen molar-refractivity contribution in [1.82, 2.24) is 0 Å². The molecule has 4 nitrogen and oxygen atoms in total. The molecule has 0 saturated carbocycles. The molecule has 1 heterocycles. The molecule has 1 unspecified atom stereocenters. The Morgan fingerprint density at radius 3 is 2.27 bits per heavy atom. The van der Waals surface area contributed by atoms with E-state index >= 15 is 0 Å². The summed E-state index contributed by atoms with van der Waals surface area (Å²) in [5.74, 6) is -1.74. The van der Waals surface area contributed by atoms with Gasteiger partial charge in [0.05, 0.1) is 19.2 Å². The number of rotatable bonds is 4. The lowest BCUT2D eigenvalue weighted by Gasteiger charge is -2.18. The zero-order valence-corrected chi connectivity index (χ0v) is 13.7. The topological polar surface area (TPSA) is 38.8 Å². The third-order valence-electron chi connectivity index (χ3n) is 4.02. The van der Waals surface area contributed by atoms with Crippen molar-refractivity contribution in [2.24, 2.45) is 0 Å². The molecule has 2 aromatic carbocycles. The minimum absolute atomic E-state index is 0.296. The molecule has 0 N–H and O–H groups in total. The lowest BCUT2D eigenvalue weighted by Crippen LogP contribution is -2.32. The van der Waals surface area contributed by atoms with E-state index in [0.29, 0.717) is 17.0 Å². The van der Waals surface area contributed by atoms with Gasteiger partial charge in [-0.2, -0.15) is 17.6 Å². The summed E-state index contributed by atoms with van der Waals surface area (Å²) in [6.07, 6.45) is -5.66. The fraction of sp³-hybridized carbons (Fsp3) is 0.278. The van der Waals surface area contributed by atoms with Gasteiger partial charge in [0.25, 0.3) is 5.85 Å². The molecule has 26 heavy (non-hydrogen) atoms. The van der Waals surface area contributed by atoms with Gasteiger partial charge in [0.2, 0.25) is 0 Å². The molecule has 1 amide bonds. The first kappa shape index (κ1) is 18.0. The second kappa shape index (κ2) is 6.51. The largest absolute Gasteiger partial charge is 0.497 e. The molecule has 2 aromatic rings. The van der Waals surface area contributed by atoms with Crippen LogP contribution in [0.2, 0.25) is 0 Å². The Labute approximate surface area is 146 Å². The minimum atomic E-state index is -4.46. The van der Waals surface area contributed by atoms with Crippen LogP contribution in [0.4, 0.5) is 28.0 Å². The molecule has 1 aliphatic heterocycles. The molecule has 8 heteroatoms. The summed E-state index contributed by atoms with van der Waals surface area (Å²) in [5, 5.41) is 0. The van der Waals surface area contributed by atoms with E-state index in [4.69, 9.17) is 9.47 Å². The van der Waals surface area contributed by atoms with E-state index < -0.39 is 23.7 Å². The van der Waals surface area contributed by atoms with Gasteiger partial charge in [-0.15, -0.1) is 0 Å². The highest BCUT2D eigenvalue weighted by molar-refractivity contribution is 5.90. The number of ether oxygens (including phenoxy) is 2. The van der Waals surface area contributed by atoms with Crippen molar-refractivity contribution < 1.29 is 31.8 Å². The summed E-state index contributed by atoms with van der Waals surface area (Å²) in [6.45, 7) is -0.362. The van der Waals surface area contributed by atoms with Crippen LogP contribution in [0.1, 0.15) is 11.1 Å². The van der Waals surface area contributed by atoms with Crippen molar-refractivity contribution in [2.45, 2.75) is 18.5 Å². The second-order valence-corrected chi connectivity index (χ2v) is 5.91. The summed E-state index contributed by atoms with van der Waals surface area (Å²) in [4.78, 5) is 13.1. The number of hydrogen-bond donors (Lipinski definition) is 0. The van der Waals surface area contributed by atoms with Crippen LogP contribution in [0, 0.1) is 0 Å². The summed E-state index contributed by atoms with van der Waals surface area (Å²) < 4.78 is 62.6. The Balaban J connectivity index is 1.73. The van der Waals surface area contributed by atoms with E-state index in [-0.39, 0.29) is 13.0 Å². The van der Waals surface area contributed by atoms with E-state index in [1.807, 2.05) is 0 Å². The molecular formula is C18H15F4NO3. The van der Waals surface area contributed by atoms with Crippen molar-refractivity contribution in [1.29, 1.82) is 0 Å². The molecule has 1 fully saturated rings. The van der Waals surface area contributed by atoms with Crippen LogP contribution in [0.15, 0.2) is 48.5 Å². The summed E-state index contributed by atoms with van der Waals surface area (Å²) >= 11 is 0. The van der Waals surface area contributed by atoms with Gasteiger partial charge in [0.15, 0.2) is 0 Å². The number of carbonyl (C=O) groups is 1. The van der Waals surface area contributed by atoms with Gasteiger partial charge in [0, 0.05) is 12.1 Å². The molecule has 0 aliphatic carbocycles. The molecule has 0 radical (unpaired) electrons. The number of cyclic esters (lactones) is 1. The standard InChI is InChI=1S/C18H15F4NO3/c1-25-15-8-6-14(7-9-15)23-11-17(19,26-16(23)24)10-12-2-4-13(5-3-12)18(20,21)22/h2-9H,10-11H2,1H3. The monoisotopic (exact) mass is 369 g/mol. The molecular weight excluding hydrogens is 354 g/mol. The predicted molar refractivity (Wildman–Crippen MR) is 85.8 cm³/mol. The Morgan fingerprint density at radius 2 is 1.73 bits per heavy atom. The zero-order chi connectivity index (χ0) is 18.9. The van der Waals surface area contributed by atoms with E-state index in [0.717, 1.165) is 17.0 Å². The van der Waals surface area contributed by atoms with Gasteiger partial charge in [0.1, 0.15) is 5.75 Å². The van der Waals surface area contributed by atoms with Gasteiger partial charge < -0.3 is 9.47 Å². The SMILES string of the molecule is COc1ccc(N2CC(F)(Cc3ccc(C(F)(F)F)cc3)OC2=O)cc1. The van der Waals surface area contributed by atoms with Crippen LogP contribution in [0.5, 0.6) is 5.75 Å². The average Bonchev–Trinajstić information content (AvgIpc) is 2.89. The number of nitrogens with zero attached hydrogens (tertiary/aromatic N) is 1. The summed E-state index contributed by atoms with van der Waals surface area (Å²) in [7, 11) is 1.50. The third-order valence-corrected chi connectivity index (χ3v) is 4.02. The second-order valence-electron chi connectivity index (χ2n) is 5.91. The van der Waals surface area contributed by atoms with E-state index in [2.05, 4.69) is 0 Å². The highest BCUT2D eigenvalue weighted by atomic mass is 19.4. The van der Waals surface area contributed by atoms with Gasteiger partial charge in [-0.1, -0.05) is 12.1 Å². The Hall–Kier alpha value is -2.77. The quantitative estimate of drug-likeness (QED) is 0.741. The molecule has 1 saturated heterocycles. The number of methoxy groups -OCH3 is 1. The first-order valence-corrected chi connectivity index (χ1v) is 7.70. The Kier molecular flexibility index (Phi) is 4.52. The van der Waals surface area contributed by atoms with Crippen molar-refractivity contribution >= 4 is 11.8 Å². The van der Waals surface area contributed by atoms with Crippen molar-refractivity contribution in [3.05, 3.63) is 59.7 Å². The van der Waals surface area contributed by atoms with E-state index in [1.165, 1.54) is 19.2 Å². The average molecular weight is 369 g/mol. The fourth-order valence-corrected chi connectivity index (χ4v) is 2.71. The van der Waals surface area contributed by atoms with Crippen LogP contribution in [-0.2, 0) is 17.3 Å². The molecule has 0 bridgehead atoms. The lowest BCUT2D eigenvalue weighted by atomic mass is 10.0. The summed E-state index contributed by atoms with van der Waals surface area (Å²) in [6, 6.07) is 10.5. The van der Waals surface area contributed by atoms with Crippen LogP contribution in [0.25, 0.3) is 0 Å². The van der Waals surface area contributed by atoms with Gasteiger partial charge in [-0.05, 0) is 42.0 Å². The number of halogens is 4. The maximum Gasteiger partial charge on any atom is 0.417 e. The van der Waals surface area contributed by atoms with Crippen LogP contribution in [0.3, 0.4) is 0 Å². The van der Waals surface area contributed by atoms with Crippen molar-refractivity contribution in [3.63, 3.8) is 0 Å². The Morgan fingerprint density at radius 1 is 1.12 bits per heavy atom. The number of anilines is 1. The molecule has 0 aromatic heterocycles. The summed E-state index contributed by atoms with van der Waals surface area (Å²) in [5.41, 5.74) is -0.0925. The van der Waals surface area contributed by atoms with Crippen molar-refractivity contribution in [2.75, 3.05) is 18.6 Å². The minimum Gasteiger partial charge on any atom is -0.497 e. The first-order chi connectivity index (χ1) is 12.2. The molecule has 138 valence electrons. The smallest absolute Gasteiger partial charge is 0.417 e. The zero-order valence-electron chi connectivity index (χ0n) is 13.7. The van der Waals surface area contributed by atoms with Crippen LogP contribution < -0.4 is 9.64 Å². The normalized spacial score (nSPS) is 20.2. The van der Waals surface area contributed by atoms with E-state index in [9.17, 15) is 22.4 Å². The molecule has 3 rings (SSSR count).